The van der Waals surface area contributed by atoms with Crippen molar-refractivity contribution in [2.24, 2.45) is 0 Å². The minimum Gasteiger partial charge on any atom is -0.496 e. The molecule has 0 saturated heterocycles. The molecule has 1 aromatic heterocycles. The van der Waals surface area contributed by atoms with E-state index >= 15 is 0 Å². The molecule has 0 atom stereocenters. The van der Waals surface area contributed by atoms with Gasteiger partial charge in [-0.1, -0.05) is 6.07 Å². The van der Waals surface area contributed by atoms with Crippen LogP contribution in [-0.2, 0) is 0 Å². The Balaban J connectivity index is 2.45. The zero-order chi connectivity index (χ0) is 10.8. The molecule has 0 radical (unpaired) electrons. The van der Waals surface area contributed by atoms with Crippen LogP contribution in [0.25, 0.3) is 5.69 Å². The summed E-state index contributed by atoms with van der Waals surface area (Å²) in [7, 11) is 1.66. The molecular formula is C11H13N3O. The number of nitrogens with two attached hydrogens (primary N) is 1. The van der Waals surface area contributed by atoms with Crippen LogP contribution in [0.15, 0.2) is 30.5 Å². The molecule has 1 heterocycles. The van der Waals surface area contributed by atoms with Gasteiger partial charge in [-0.05, 0) is 18.6 Å². The Morgan fingerprint density at radius 3 is 2.73 bits per heavy atom. The molecule has 0 saturated carbocycles. The quantitative estimate of drug-likeness (QED) is 0.809. The Labute approximate surface area is 88.3 Å². The summed E-state index contributed by atoms with van der Waals surface area (Å²) in [6, 6.07) is 7.66. The zero-order valence-corrected chi connectivity index (χ0v) is 8.77. The lowest BCUT2D eigenvalue weighted by molar-refractivity contribution is 0.411. The molecule has 4 heteroatoms. The van der Waals surface area contributed by atoms with Gasteiger partial charge in [0.2, 0.25) is 0 Å². The largest absolute Gasteiger partial charge is 0.496 e. The van der Waals surface area contributed by atoms with Gasteiger partial charge in [-0.2, -0.15) is 5.10 Å². The third kappa shape index (κ3) is 1.79. The summed E-state index contributed by atoms with van der Waals surface area (Å²) in [4.78, 5) is 0. The van der Waals surface area contributed by atoms with Crippen LogP contribution in [-0.4, -0.2) is 16.9 Å². The first kappa shape index (κ1) is 9.58. The number of nitrogens with zero attached hydrogens (tertiary/aromatic N) is 2. The average molecular weight is 203 g/mol. The summed E-state index contributed by atoms with van der Waals surface area (Å²) in [6.45, 7) is 2.00. The van der Waals surface area contributed by atoms with Crippen molar-refractivity contribution < 1.29 is 4.74 Å². The van der Waals surface area contributed by atoms with Crippen molar-refractivity contribution in [3.8, 4) is 11.4 Å². The van der Waals surface area contributed by atoms with Crippen LogP contribution in [0.5, 0.6) is 5.75 Å². The minimum atomic E-state index is 0.509. The SMILES string of the molecule is COc1cc(-n2ccc(N)n2)ccc1C. The van der Waals surface area contributed by atoms with Gasteiger partial charge in [-0.25, -0.2) is 4.68 Å². The lowest BCUT2D eigenvalue weighted by atomic mass is 10.2. The summed E-state index contributed by atoms with van der Waals surface area (Å²) in [5.74, 6) is 1.36. The van der Waals surface area contributed by atoms with Gasteiger partial charge in [0.25, 0.3) is 0 Å². The van der Waals surface area contributed by atoms with Crippen molar-refractivity contribution in [2.75, 3.05) is 12.8 Å². The van der Waals surface area contributed by atoms with Crippen LogP contribution in [0.4, 0.5) is 5.82 Å². The van der Waals surface area contributed by atoms with E-state index in [1.165, 1.54) is 0 Å². The maximum absolute atomic E-state index is 5.55. The molecule has 0 spiro atoms. The van der Waals surface area contributed by atoms with Gasteiger partial charge in [0.15, 0.2) is 0 Å². The number of aromatic nitrogens is 2. The number of hydrogen-bond acceptors (Lipinski definition) is 3. The van der Waals surface area contributed by atoms with E-state index in [1.807, 2.05) is 31.3 Å². The first-order valence-corrected chi connectivity index (χ1v) is 4.67. The van der Waals surface area contributed by atoms with Gasteiger partial charge in [-0.15, -0.1) is 0 Å². The number of ether oxygens (including phenoxy) is 1. The van der Waals surface area contributed by atoms with Crippen LogP contribution >= 0.6 is 0 Å². The van der Waals surface area contributed by atoms with E-state index in [0.29, 0.717) is 5.82 Å². The standard InChI is InChI=1S/C11H13N3O/c1-8-3-4-9(7-10(8)15-2)14-6-5-11(12)13-14/h3-7H,1-2H3,(H2,12,13). The van der Waals surface area contributed by atoms with E-state index in [4.69, 9.17) is 10.5 Å². The Bertz CT molecular complexity index is 476. The first-order chi connectivity index (χ1) is 7.20. The number of rotatable bonds is 2. The molecule has 0 unspecified atom stereocenters. The summed E-state index contributed by atoms with van der Waals surface area (Å²) in [6.07, 6.45) is 1.82. The van der Waals surface area contributed by atoms with E-state index in [9.17, 15) is 0 Å². The highest BCUT2D eigenvalue weighted by atomic mass is 16.5. The molecule has 2 aromatic rings. The number of nitrogen functional groups attached to an aromatic ring is 1. The molecule has 78 valence electrons. The maximum Gasteiger partial charge on any atom is 0.145 e. The van der Waals surface area contributed by atoms with E-state index in [-0.39, 0.29) is 0 Å². The number of methoxy groups -OCH3 is 1. The Hall–Kier alpha value is -1.97. The first-order valence-electron chi connectivity index (χ1n) is 4.67. The molecule has 0 fully saturated rings. The summed E-state index contributed by atoms with van der Waals surface area (Å²) in [5.41, 5.74) is 7.59. The number of hydrogen-bond donors (Lipinski definition) is 1. The van der Waals surface area contributed by atoms with Crippen LogP contribution in [0.1, 0.15) is 5.56 Å². The molecule has 0 aliphatic carbocycles. The van der Waals surface area contributed by atoms with Crippen LogP contribution < -0.4 is 10.5 Å². The van der Waals surface area contributed by atoms with Crippen molar-refractivity contribution in [1.82, 2.24) is 9.78 Å². The molecule has 2 N–H and O–H groups in total. The lowest BCUT2D eigenvalue weighted by Gasteiger charge is -2.07. The second kappa shape index (κ2) is 3.65. The molecule has 0 aliphatic heterocycles. The van der Waals surface area contributed by atoms with Crippen LogP contribution in [0, 0.1) is 6.92 Å². The molecule has 0 aliphatic rings. The van der Waals surface area contributed by atoms with Gasteiger partial charge >= 0.3 is 0 Å². The number of benzene rings is 1. The molecule has 0 amide bonds. The van der Waals surface area contributed by atoms with E-state index in [0.717, 1.165) is 17.0 Å². The fourth-order valence-electron chi connectivity index (χ4n) is 1.43. The predicted octanol–water partition coefficient (Wildman–Crippen LogP) is 1.77. The van der Waals surface area contributed by atoms with E-state index in [2.05, 4.69) is 5.10 Å². The van der Waals surface area contributed by atoms with E-state index < -0.39 is 0 Å². The Kier molecular flexibility index (Phi) is 2.33. The van der Waals surface area contributed by atoms with Gasteiger partial charge in [0.05, 0.1) is 12.8 Å². The van der Waals surface area contributed by atoms with E-state index in [1.54, 1.807) is 17.9 Å². The minimum absolute atomic E-state index is 0.509. The summed E-state index contributed by atoms with van der Waals surface area (Å²) in [5, 5.41) is 4.12. The fourth-order valence-corrected chi connectivity index (χ4v) is 1.43. The van der Waals surface area contributed by atoms with Gasteiger partial charge in [-0.3, -0.25) is 0 Å². The topological polar surface area (TPSA) is 53.1 Å². The third-order valence-electron chi connectivity index (χ3n) is 2.27. The van der Waals surface area contributed by atoms with Crippen molar-refractivity contribution in [2.45, 2.75) is 6.92 Å². The molecule has 4 nitrogen and oxygen atoms in total. The summed E-state index contributed by atoms with van der Waals surface area (Å²) >= 11 is 0. The molecule has 15 heavy (non-hydrogen) atoms. The van der Waals surface area contributed by atoms with Gasteiger partial charge in [0.1, 0.15) is 11.6 Å². The zero-order valence-electron chi connectivity index (χ0n) is 8.77. The van der Waals surface area contributed by atoms with Gasteiger partial charge in [0, 0.05) is 18.3 Å². The molecule has 2 rings (SSSR count). The Morgan fingerprint density at radius 2 is 2.13 bits per heavy atom. The van der Waals surface area contributed by atoms with Crippen molar-refractivity contribution in [1.29, 1.82) is 0 Å². The number of anilines is 1. The molecule has 0 bridgehead atoms. The molecular weight excluding hydrogens is 190 g/mol. The molecule has 1 aromatic carbocycles. The smallest absolute Gasteiger partial charge is 0.145 e. The Morgan fingerprint density at radius 1 is 1.33 bits per heavy atom. The monoisotopic (exact) mass is 203 g/mol. The van der Waals surface area contributed by atoms with Crippen LogP contribution in [0.2, 0.25) is 0 Å². The normalized spacial score (nSPS) is 10.3. The highest BCUT2D eigenvalue weighted by Gasteiger charge is 2.02. The maximum atomic E-state index is 5.55. The highest BCUT2D eigenvalue weighted by Crippen LogP contribution is 2.21. The van der Waals surface area contributed by atoms with Crippen LogP contribution in [0.3, 0.4) is 0 Å². The predicted molar refractivity (Wildman–Crippen MR) is 59.3 cm³/mol. The van der Waals surface area contributed by atoms with Crippen molar-refractivity contribution >= 4 is 5.82 Å². The summed E-state index contributed by atoms with van der Waals surface area (Å²) < 4.78 is 6.96. The second-order valence-electron chi connectivity index (χ2n) is 3.34. The third-order valence-corrected chi connectivity index (χ3v) is 2.27. The average Bonchev–Trinajstić information content (AvgIpc) is 2.66. The second-order valence-corrected chi connectivity index (χ2v) is 3.34. The van der Waals surface area contributed by atoms with Crippen molar-refractivity contribution in [3.63, 3.8) is 0 Å². The number of aryl methyl sites for hydroxylation is 1. The van der Waals surface area contributed by atoms with Gasteiger partial charge < -0.3 is 10.5 Å². The lowest BCUT2D eigenvalue weighted by Crippen LogP contribution is -1.97. The van der Waals surface area contributed by atoms with Crippen molar-refractivity contribution in [3.05, 3.63) is 36.0 Å². The highest BCUT2D eigenvalue weighted by molar-refractivity contribution is 5.44. The fraction of sp³-hybridized carbons (Fsp3) is 0.182.